The molecule has 2 aromatic carbocycles. The zero-order valence-corrected chi connectivity index (χ0v) is 24.8. The molecule has 4 rings (SSSR count). The Morgan fingerprint density at radius 2 is 1.56 bits per heavy atom. The van der Waals surface area contributed by atoms with Crippen molar-refractivity contribution in [1.29, 1.82) is 0 Å². The fourth-order valence-electron chi connectivity index (χ4n) is 4.63. The highest BCUT2D eigenvalue weighted by Crippen LogP contribution is 2.22. The molecular weight excluding hydrogens is 542 g/mol. The van der Waals surface area contributed by atoms with Gasteiger partial charge < -0.3 is 29.5 Å². The molecule has 41 heavy (non-hydrogen) atoms. The van der Waals surface area contributed by atoms with E-state index in [2.05, 4.69) is 15.2 Å². The topological polar surface area (TPSA) is 104 Å². The zero-order valence-electron chi connectivity index (χ0n) is 24.0. The van der Waals surface area contributed by atoms with Gasteiger partial charge in [-0.2, -0.15) is 0 Å². The SMILES string of the molecule is COc1ccc(C(=O)N(CC(=O)Nc2nc(CC(=O)N3CCN(c4ccc(OC)cc4)CC3)cs2)CC(C)C)cc1. The number of rotatable bonds is 11. The van der Waals surface area contributed by atoms with Crippen molar-refractivity contribution in [2.45, 2.75) is 20.3 Å². The Kier molecular flexibility index (Phi) is 10.2. The summed E-state index contributed by atoms with van der Waals surface area (Å²) in [5.74, 6) is 1.10. The molecule has 3 aromatic rings. The summed E-state index contributed by atoms with van der Waals surface area (Å²) in [5.41, 5.74) is 2.20. The number of piperazine rings is 1. The van der Waals surface area contributed by atoms with Gasteiger partial charge in [0.05, 0.1) is 26.3 Å². The number of nitrogens with zero attached hydrogens (tertiary/aromatic N) is 4. The molecule has 0 bridgehead atoms. The molecule has 218 valence electrons. The van der Waals surface area contributed by atoms with Gasteiger partial charge in [-0.05, 0) is 54.4 Å². The quantitative estimate of drug-likeness (QED) is 0.369. The Morgan fingerprint density at radius 1 is 0.951 bits per heavy atom. The predicted octanol–water partition coefficient (Wildman–Crippen LogP) is 3.79. The van der Waals surface area contributed by atoms with Gasteiger partial charge in [0.25, 0.3) is 5.91 Å². The zero-order chi connectivity index (χ0) is 29.4. The third-order valence-corrected chi connectivity index (χ3v) is 7.55. The van der Waals surface area contributed by atoms with Gasteiger partial charge in [0, 0.05) is 49.4 Å². The number of ether oxygens (including phenoxy) is 2. The number of nitrogens with one attached hydrogen (secondary N) is 1. The maximum atomic E-state index is 13.1. The molecule has 0 radical (unpaired) electrons. The monoisotopic (exact) mass is 579 g/mol. The molecule has 1 aliphatic heterocycles. The lowest BCUT2D eigenvalue weighted by Crippen LogP contribution is -2.49. The van der Waals surface area contributed by atoms with Crippen LogP contribution in [0.5, 0.6) is 11.5 Å². The fraction of sp³-hybridized carbons (Fsp3) is 0.400. The fourth-order valence-corrected chi connectivity index (χ4v) is 5.35. The molecule has 0 spiro atoms. The molecule has 1 saturated heterocycles. The molecule has 0 saturated carbocycles. The van der Waals surface area contributed by atoms with Crippen molar-refractivity contribution in [3.05, 3.63) is 65.2 Å². The minimum atomic E-state index is -0.339. The van der Waals surface area contributed by atoms with Gasteiger partial charge in [0.1, 0.15) is 18.0 Å². The summed E-state index contributed by atoms with van der Waals surface area (Å²) in [5, 5.41) is 4.98. The van der Waals surface area contributed by atoms with Gasteiger partial charge in [0.15, 0.2) is 5.13 Å². The van der Waals surface area contributed by atoms with Crippen molar-refractivity contribution in [3.8, 4) is 11.5 Å². The van der Waals surface area contributed by atoms with Crippen LogP contribution in [0.3, 0.4) is 0 Å². The second-order valence-electron chi connectivity index (χ2n) is 10.2. The van der Waals surface area contributed by atoms with Crippen LogP contribution >= 0.6 is 11.3 Å². The van der Waals surface area contributed by atoms with Crippen LogP contribution in [-0.2, 0) is 16.0 Å². The van der Waals surface area contributed by atoms with Crippen LogP contribution in [0.1, 0.15) is 29.9 Å². The van der Waals surface area contributed by atoms with Crippen molar-refractivity contribution in [3.63, 3.8) is 0 Å². The number of carbonyl (C=O) groups is 3. The summed E-state index contributed by atoms with van der Waals surface area (Å²) in [6.07, 6.45) is 0.171. The number of carbonyl (C=O) groups excluding carboxylic acids is 3. The highest BCUT2D eigenvalue weighted by molar-refractivity contribution is 7.13. The average Bonchev–Trinajstić information content (AvgIpc) is 3.42. The highest BCUT2D eigenvalue weighted by Gasteiger charge is 2.23. The Morgan fingerprint density at radius 3 is 2.15 bits per heavy atom. The van der Waals surface area contributed by atoms with Crippen molar-refractivity contribution in [2.75, 3.05) is 63.7 Å². The summed E-state index contributed by atoms with van der Waals surface area (Å²) in [4.78, 5) is 49.0. The summed E-state index contributed by atoms with van der Waals surface area (Å²) in [6, 6.07) is 14.8. The highest BCUT2D eigenvalue weighted by atomic mass is 32.1. The van der Waals surface area contributed by atoms with Gasteiger partial charge in [-0.1, -0.05) is 13.8 Å². The molecule has 1 aromatic heterocycles. The van der Waals surface area contributed by atoms with Gasteiger partial charge in [-0.25, -0.2) is 4.98 Å². The Bertz CT molecular complexity index is 1320. The molecule has 11 heteroatoms. The lowest BCUT2D eigenvalue weighted by atomic mass is 10.1. The van der Waals surface area contributed by atoms with Crippen LogP contribution in [0.25, 0.3) is 0 Å². The van der Waals surface area contributed by atoms with Crippen molar-refractivity contribution >= 4 is 39.9 Å². The number of aromatic nitrogens is 1. The molecule has 1 aliphatic rings. The minimum absolute atomic E-state index is 0.00996. The normalized spacial score (nSPS) is 13.2. The molecule has 1 N–H and O–H groups in total. The largest absolute Gasteiger partial charge is 0.497 e. The number of benzene rings is 2. The number of amides is 3. The molecular formula is C30H37N5O5S. The van der Waals surface area contributed by atoms with E-state index in [0.717, 1.165) is 24.5 Å². The van der Waals surface area contributed by atoms with Crippen LogP contribution in [0.4, 0.5) is 10.8 Å². The van der Waals surface area contributed by atoms with E-state index in [9.17, 15) is 14.4 Å². The van der Waals surface area contributed by atoms with Crippen LogP contribution < -0.4 is 19.7 Å². The van der Waals surface area contributed by atoms with E-state index in [0.29, 0.717) is 41.8 Å². The Labute approximate surface area is 244 Å². The molecule has 2 heterocycles. The first-order chi connectivity index (χ1) is 19.7. The number of thiazole rings is 1. The Balaban J connectivity index is 1.28. The molecule has 0 unspecified atom stereocenters. The summed E-state index contributed by atoms with van der Waals surface area (Å²) in [6.45, 7) is 7.08. The first-order valence-electron chi connectivity index (χ1n) is 13.6. The maximum Gasteiger partial charge on any atom is 0.254 e. The van der Waals surface area contributed by atoms with Gasteiger partial charge >= 0.3 is 0 Å². The Hall–Kier alpha value is -4.12. The van der Waals surface area contributed by atoms with E-state index in [1.807, 2.05) is 43.0 Å². The van der Waals surface area contributed by atoms with Crippen LogP contribution in [0.15, 0.2) is 53.9 Å². The van der Waals surface area contributed by atoms with E-state index in [4.69, 9.17) is 9.47 Å². The van der Waals surface area contributed by atoms with Gasteiger partial charge in [0.2, 0.25) is 11.8 Å². The lowest BCUT2D eigenvalue weighted by molar-refractivity contribution is -0.130. The molecule has 10 nitrogen and oxygen atoms in total. The van der Waals surface area contributed by atoms with E-state index in [1.165, 1.54) is 16.2 Å². The minimum Gasteiger partial charge on any atom is -0.497 e. The van der Waals surface area contributed by atoms with E-state index >= 15 is 0 Å². The lowest BCUT2D eigenvalue weighted by Gasteiger charge is -2.36. The van der Waals surface area contributed by atoms with Crippen LogP contribution in [0.2, 0.25) is 0 Å². The molecule has 0 atom stereocenters. The summed E-state index contributed by atoms with van der Waals surface area (Å²) < 4.78 is 10.4. The van der Waals surface area contributed by atoms with E-state index < -0.39 is 0 Å². The third-order valence-electron chi connectivity index (χ3n) is 6.74. The van der Waals surface area contributed by atoms with E-state index in [-0.39, 0.29) is 36.6 Å². The number of hydrogen-bond acceptors (Lipinski definition) is 8. The predicted molar refractivity (Wildman–Crippen MR) is 160 cm³/mol. The average molecular weight is 580 g/mol. The smallest absolute Gasteiger partial charge is 0.254 e. The number of anilines is 2. The second-order valence-corrected chi connectivity index (χ2v) is 11.1. The van der Waals surface area contributed by atoms with Crippen molar-refractivity contribution < 1.29 is 23.9 Å². The summed E-state index contributed by atoms with van der Waals surface area (Å²) >= 11 is 1.27. The number of hydrogen-bond donors (Lipinski definition) is 1. The number of methoxy groups -OCH3 is 2. The third kappa shape index (κ3) is 8.20. The van der Waals surface area contributed by atoms with Crippen molar-refractivity contribution in [2.24, 2.45) is 5.92 Å². The molecule has 3 amide bonds. The van der Waals surface area contributed by atoms with Crippen LogP contribution in [0, 0.1) is 5.92 Å². The van der Waals surface area contributed by atoms with Gasteiger partial charge in [-0.3, -0.25) is 14.4 Å². The van der Waals surface area contributed by atoms with Gasteiger partial charge in [-0.15, -0.1) is 11.3 Å². The molecule has 1 fully saturated rings. The standard InChI is InChI=1S/C30H37N5O5S/c1-21(2)18-35(29(38)22-5-9-25(39-3)10-6-22)19-27(36)32-30-31-23(20-41-30)17-28(37)34-15-13-33(14-16-34)24-7-11-26(40-4)12-8-24/h5-12,20-21H,13-19H2,1-4H3,(H,31,32,36). The summed E-state index contributed by atoms with van der Waals surface area (Å²) in [7, 11) is 3.21. The first kappa shape index (κ1) is 29.9. The second kappa shape index (κ2) is 14.0. The molecule has 0 aliphatic carbocycles. The van der Waals surface area contributed by atoms with E-state index in [1.54, 1.807) is 43.9 Å². The maximum absolute atomic E-state index is 13.1. The van der Waals surface area contributed by atoms with Crippen molar-refractivity contribution in [1.82, 2.24) is 14.8 Å². The van der Waals surface area contributed by atoms with Crippen LogP contribution in [-0.4, -0.2) is 86.0 Å². The first-order valence-corrected chi connectivity index (χ1v) is 14.5.